The molecule has 0 amide bonds. The lowest BCUT2D eigenvalue weighted by Gasteiger charge is -2.05. The zero-order valence-corrected chi connectivity index (χ0v) is 9.89. The van der Waals surface area contributed by atoms with Gasteiger partial charge in [0.2, 0.25) is 0 Å². The lowest BCUT2D eigenvalue weighted by Crippen LogP contribution is -2.06. The minimum absolute atomic E-state index is 0.0785. The Hall–Kier alpha value is -2.23. The fourth-order valence-corrected chi connectivity index (χ4v) is 1.43. The Balaban J connectivity index is 2.02. The van der Waals surface area contributed by atoms with E-state index in [-0.39, 0.29) is 12.2 Å². The van der Waals surface area contributed by atoms with Crippen LogP contribution < -0.4 is 0 Å². The Morgan fingerprint density at radius 3 is 2.83 bits per heavy atom. The highest BCUT2D eigenvalue weighted by molar-refractivity contribution is 5.89. The standard InChI is InChI=1S/C14H12FNO2/c1-10-5-6-11(8-13(10)15)14(17)18-9-12-4-2-3-7-16-12/h2-8H,9H2,1H3. The molecule has 0 radical (unpaired) electrons. The molecular weight excluding hydrogens is 233 g/mol. The number of halogens is 1. The van der Waals surface area contributed by atoms with E-state index in [1.165, 1.54) is 6.07 Å². The summed E-state index contributed by atoms with van der Waals surface area (Å²) in [6.45, 7) is 1.72. The summed E-state index contributed by atoms with van der Waals surface area (Å²) in [6, 6.07) is 9.60. The van der Waals surface area contributed by atoms with Crippen LogP contribution in [0.15, 0.2) is 42.6 Å². The largest absolute Gasteiger partial charge is 0.456 e. The average Bonchev–Trinajstić information content (AvgIpc) is 2.40. The summed E-state index contributed by atoms with van der Waals surface area (Å²) in [5.41, 5.74) is 1.35. The molecule has 92 valence electrons. The summed E-state index contributed by atoms with van der Waals surface area (Å²) in [5, 5.41) is 0. The number of carbonyl (C=O) groups is 1. The number of benzene rings is 1. The molecule has 2 rings (SSSR count). The normalized spacial score (nSPS) is 10.1. The van der Waals surface area contributed by atoms with Crippen molar-refractivity contribution in [1.29, 1.82) is 0 Å². The first-order valence-electron chi connectivity index (χ1n) is 5.50. The molecule has 0 bridgehead atoms. The minimum atomic E-state index is -0.556. The molecule has 18 heavy (non-hydrogen) atoms. The Morgan fingerprint density at radius 2 is 2.17 bits per heavy atom. The van der Waals surface area contributed by atoms with Crippen LogP contribution in [-0.4, -0.2) is 11.0 Å². The molecule has 0 atom stereocenters. The van der Waals surface area contributed by atoms with Crippen molar-refractivity contribution in [3.05, 3.63) is 65.2 Å². The van der Waals surface area contributed by atoms with Gasteiger partial charge in [-0.2, -0.15) is 0 Å². The predicted octanol–water partition coefficient (Wildman–Crippen LogP) is 2.89. The van der Waals surface area contributed by atoms with Gasteiger partial charge in [0.05, 0.1) is 11.3 Å². The summed E-state index contributed by atoms with van der Waals surface area (Å²) >= 11 is 0. The summed E-state index contributed by atoms with van der Waals surface area (Å²) in [5.74, 6) is -0.971. The lowest BCUT2D eigenvalue weighted by molar-refractivity contribution is 0.0467. The van der Waals surface area contributed by atoms with E-state index in [1.54, 1.807) is 37.4 Å². The van der Waals surface area contributed by atoms with Crippen LogP contribution in [-0.2, 0) is 11.3 Å². The molecule has 2 aromatic rings. The van der Waals surface area contributed by atoms with Gasteiger partial charge in [0.1, 0.15) is 12.4 Å². The highest BCUT2D eigenvalue weighted by Gasteiger charge is 2.09. The molecular formula is C14H12FNO2. The summed E-state index contributed by atoms with van der Waals surface area (Å²) in [4.78, 5) is 15.7. The summed E-state index contributed by atoms with van der Waals surface area (Å²) < 4.78 is 18.3. The molecule has 0 unspecified atom stereocenters. The molecule has 4 heteroatoms. The van der Waals surface area contributed by atoms with Gasteiger partial charge >= 0.3 is 5.97 Å². The van der Waals surface area contributed by atoms with Crippen molar-refractivity contribution in [3.63, 3.8) is 0 Å². The smallest absolute Gasteiger partial charge is 0.338 e. The van der Waals surface area contributed by atoms with Gasteiger partial charge in [-0.05, 0) is 36.8 Å². The maximum absolute atomic E-state index is 13.3. The first kappa shape index (κ1) is 12.2. The second-order valence-electron chi connectivity index (χ2n) is 3.86. The molecule has 0 aliphatic rings. The molecule has 3 nitrogen and oxygen atoms in total. The van der Waals surface area contributed by atoms with E-state index < -0.39 is 11.8 Å². The SMILES string of the molecule is Cc1ccc(C(=O)OCc2ccccn2)cc1F. The maximum Gasteiger partial charge on any atom is 0.338 e. The molecule has 0 spiro atoms. The van der Waals surface area contributed by atoms with Crippen LogP contribution in [0.4, 0.5) is 4.39 Å². The van der Waals surface area contributed by atoms with Gasteiger partial charge < -0.3 is 4.74 Å². The van der Waals surface area contributed by atoms with Crippen LogP contribution >= 0.6 is 0 Å². The van der Waals surface area contributed by atoms with Crippen LogP contribution in [0, 0.1) is 12.7 Å². The zero-order valence-electron chi connectivity index (χ0n) is 9.89. The van der Waals surface area contributed by atoms with E-state index in [2.05, 4.69) is 4.98 Å². The van der Waals surface area contributed by atoms with E-state index in [1.807, 2.05) is 6.07 Å². The van der Waals surface area contributed by atoms with Crippen LogP contribution in [0.5, 0.6) is 0 Å². The molecule has 0 aliphatic heterocycles. The van der Waals surface area contributed by atoms with Crippen molar-refractivity contribution in [2.24, 2.45) is 0 Å². The minimum Gasteiger partial charge on any atom is -0.456 e. The third kappa shape index (κ3) is 2.91. The van der Waals surface area contributed by atoms with E-state index in [9.17, 15) is 9.18 Å². The van der Waals surface area contributed by atoms with Gasteiger partial charge in [0, 0.05) is 6.20 Å². The van der Waals surface area contributed by atoms with Crippen molar-refractivity contribution in [2.45, 2.75) is 13.5 Å². The zero-order chi connectivity index (χ0) is 13.0. The van der Waals surface area contributed by atoms with Crippen molar-refractivity contribution in [2.75, 3.05) is 0 Å². The number of nitrogens with zero attached hydrogens (tertiary/aromatic N) is 1. The van der Waals surface area contributed by atoms with E-state index in [4.69, 9.17) is 4.74 Å². The van der Waals surface area contributed by atoms with Crippen LogP contribution in [0.25, 0.3) is 0 Å². The van der Waals surface area contributed by atoms with Crippen molar-refractivity contribution >= 4 is 5.97 Å². The highest BCUT2D eigenvalue weighted by atomic mass is 19.1. The number of ether oxygens (including phenoxy) is 1. The fourth-order valence-electron chi connectivity index (χ4n) is 1.43. The Morgan fingerprint density at radius 1 is 1.33 bits per heavy atom. The van der Waals surface area contributed by atoms with E-state index in [0.717, 1.165) is 0 Å². The van der Waals surface area contributed by atoms with Crippen LogP contribution in [0.2, 0.25) is 0 Å². The highest BCUT2D eigenvalue weighted by Crippen LogP contribution is 2.11. The van der Waals surface area contributed by atoms with Crippen LogP contribution in [0.1, 0.15) is 21.6 Å². The molecule has 0 fully saturated rings. The molecule has 1 aromatic heterocycles. The number of hydrogen-bond acceptors (Lipinski definition) is 3. The number of rotatable bonds is 3. The number of esters is 1. The van der Waals surface area contributed by atoms with Gasteiger partial charge in [-0.25, -0.2) is 9.18 Å². The third-order valence-corrected chi connectivity index (χ3v) is 2.48. The number of carbonyl (C=O) groups excluding carboxylic acids is 1. The number of aromatic nitrogens is 1. The number of hydrogen-bond donors (Lipinski definition) is 0. The first-order valence-corrected chi connectivity index (χ1v) is 5.50. The summed E-state index contributed by atoms with van der Waals surface area (Å²) in [6.07, 6.45) is 1.62. The average molecular weight is 245 g/mol. The van der Waals surface area contributed by atoms with Crippen LogP contribution in [0.3, 0.4) is 0 Å². The van der Waals surface area contributed by atoms with E-state index >= 15 is 0 Å². The van der Waals surface area contributed by atoms with Crippen molar-refractivity contribution < 1.29 is 13.9 Å². The topological polar surface area (TPSA) is 39.2 Å². The Labute approximate surface area is 104 Å². The lowest BCUT2D eigenvalue weighted by atomic mass is 10.1. The third-order valence-electron chi connectivity index (χ3n) is 2.48. The van der Waals surface area contributed by atoms with Gasteiger partial charge in [-0.3, -0.25) is 4.98 Å². The fraction of sp³-hybridized carbons (Fsp3) is 0.143. The van der Waals surface area contributed by atoms with Gasteiger partial charge in [-0.15, -0.1) is 0 Å². The quantitative estimate of drug-likeness (QED) is 0.780. The maximum atomic E-state index is 13.3. The van der Waals surface area contributed by atoms with Crippen molar-refractivity contribution in [1.82, 2.24) is 4.98 Å². The summed E-state index contributed by atoms with van der Waals surface area (Å²) in [7, 11) is 0. The predicted molar refractivity (Wildman–Crippen MR) is 64.5 cm³/mol. The van der Waals surface area contributed by atoms with Crippen molar-refractivity contribution in [3.8, 4) is 0 Å². The molecule has 1 aromatic carbocycles. The molecule has 0 aliphatic carbocycles. The molecule has 0 saturated carbocycles. The van der Waals surface area contributed by atoms with Gasteiger partial charge in [0.25, 0.3) is 0 Å². The molecule has 0 saturated heterocycles. The molecule has 0 N–H and O–H groups in total. The Kier molecular flexibility index (Phi) is 3.67. The van der Waals surface area contributed by atoms with E-state index in [0.29, 0.717) is 11.3 Å². The number of pyridine rings is 1. The van der Waals surface area contributed by atoms with Gasteiger partial charge in [-0.1, -0.05) is 12.1 Å². The Bertz CT molecular complexity index is 555. The first-order chi connectivity index (χ1) is 8.66. The second-order valence-corrected chi connectivity index (χ2v) is 3.86. The molecule has 1 heterocycles. The monoisotopic (exact) mass is 245 g/mol. The second kappa shape index (κ2) is 5.40. The van der Waals surface area contributed by atoms with Gasteiger partial charge in [0.15, 0.2) is 0 Å². The number of aryl methyl sites for hydroxylation is 1.